The number of carbonyl (C=O) groups excluding carboxylic acids is 1. The fourth-order valence-corrected chi connectivity index (χ4v) is 2.74. The Bertz CT molecular complexity index is 736. The van der Waals surface area contributed by atoms with E-state index < -0.39 is 15.7 Å². The van der Waals surface area contributed by atoms with E-state index in [1.54, 1.807) is 6.08 Å². The lowest BCUT2D eigenvalue weighted by Crippen LogP contribution is -2.08. The van der Waals surface area contributed by atoms with E-state index in [0.717, 1.165) is 23.4 Å². The number of nitrogens with one attached hydrogen (secondary N) is 1. The molecule has 20 heavy (non-hydrogen) atoms. The van der Waals surface area contributed by atoms with Crippen molar-refractivity contribution in [1.29, 1.82) is 0 Å². The quantitative estimate of drug-likeness (QED) is 0.866. The Kier molecular flexibility index (Phi) is 4.26. The molecule has 104 valence electrons. The normalized spacial score (nSPS) is 11.7. The van der Waals surface area contributed by atoms with Crippen LogP contribution in [0.5, 0.6) is 0 Å². The highest BCUT2D eigenvalue weighted by Crippen LogP contribution is 2.14. The summed E-state index contributed by atoms with van der Waals surface area (Å²) in [6.07, 6.45) is 4.00. The van der Waals surface area contributed by atoms with Crippen molar-refractivity contribution in [3.63, 3.8) is 0 Å². The van der Waals surface area contributed by atoms with Gasteiger partial charge in [-0.25, -0.2) is 8.42 Å². The van der Waals surface area contributed by atoms with Crippen molar-refractivity contribution in [1.82, 2.24) is 9.36 Å². The molecular weight excluding hydrogens is 298 g/mol. The fraction of sp³-hybridized carbons (Fsp3) is 0.0833. The van der Waals surface area contributed by atoms with Gasteiger partial charge in [-0.15, -0.1) is 0 Å². The lowest BCUT2D eigenvalue weighted by atomic mass is 10.2. The van der Waals surface area contributed by atoms with Gasteiger partial charge in [-0.2, -0.15) is 9.36 Å². The van der Waals surface area contributed by atoms with Gasteiger partial charge >= 0.3 is 0 Å². The Balaban J connectivity index is 2.02. The van der Waals surface area contributed by atoms with Crippen LogP contribution in [-0.2, 0) is 14.6 Å². The highest BCUT2D eigenvalue weighted by Gasteiger charge is 2.14. The molecule has 0 bridgehead atoms. The van der Waals surface area contributed by atoms with E-state index in [2.05, 4.69) is 14.7 Å². The molecule has 0 fully saturated rings. The molecule has 1 aromatic heterocycles. The number of rotatable bonds is 4. The molecule has 1 aromatic carbocycles. The van der Waals surface area contributed by atoms with Crippen LogP contribution in [0, 0.1) is 0 Å². The smallest absolute Gasteiger partial charge is 0.260 e. The maximum absolute atomic E-state index is 11.6. The SMILES string of the molecule is CS(=O)(=O)c1nsc(NC(=O)/C=C/c2ccccc2)n1. The Labute approximate surface area is 120 Å². The monoisotopic (exact) mass is 309 g/mol. The van der Waals surface area contributed by atoms with Crippen LogP contribution < -0.4 is 5.32 Å². The van der Waals surface area contributed by atoms with Crippen LogP contribution in [0.3, 0.4) is 0 Å². The topological polar surface area (TPSA) is 89.0 Å². The van der Waals surface area contributed by atoms with Crippen LogP contribution in [0.4, 0.5) is 5.13 Å². The first-order valence-electron chi connectivity index (χ1n) is 5.53. The summed E-state index contributed by atoms with van der Waals surface area (Å²) in [6.45, 7) is 0. The number of anilines is 1. The van der Waals surface area contributed by atoms with Crippen LogP contribution in [0.2, 0.25) is 0 Å². The van der Waals surface area contributed by atoms with Gasteiger partial charge in [0.15, 0.2) is 0 Å². The van der Waals surface area contributed by atoms with Crippen molar-refractivity contribution in [2.75, 3.05) is 11.6 Å². The van der Waals surface area contributed by atoms with Crippen molar-refractivity contribution >= 4 is 38.5 Å². The summed E-state index contributed by atoms with van der Waals surface area (Å²) in [6, 6.07) is 9.32. The van der Waals surface area contributed by atoms with Crippen molar-refractivity contribution in [2.45, 2.75) is 5.16 Å². The Morgan fingerprint density at radius 3 is 2.60 bits per heavy atom. The zero-order chi connectivity index (χ0) is 14.6. The predicted octanol–water partition coefficient (Wildman–Crippen LogP) is 1.59. The highest BCUT2D eigenvalue weighted by atomic mass is 32.2. The third kappa shape index (κ3) is 3.97. The molecular formula is C12H11N3O3S2. The second-order valence-corrected chi connectivity index (χ2v) is 6.55. The largest absolute Gasteiger partial charge is 0.297 e. The molecule has 1 N–H and O–H groups in total. The number of aromatic nitrogens is 2. The summed E-state index contributed by atoms with van der Waals surface area (Å²) in [5, 5.41) is 2.32. The lowest BCUT2D eigenvalue weighted by Gasteiger charge is -1.95. The van der Waals surface area contributed by atoms with Crippen LogP contribution >= 0.6 is 11.5 Å². The molecule has 0 saturated heterocycles. The molecule has 1 heterocycles. The number of hydrogen-bond donors (Lipinski definition) is 1. The molecule has 0 aliphatic carbocycles. The standard InChI is InChI=1S/C12H11N3O3S2/c1-20(17,18)12-14-11(19-15-12)13-10(16)8-7-9-5-3-2-4-6-9/h2-8H,1H3,(H,13,14,15,16)/b8-7+. The first-order valence-corrected chi connectivity index (χ1v) is 8.19. The molecule has 8 heteroatoms. The molecule has 0 aliphatic heterocycles. The summed E-state index contributed by atoms with van der Waals surface area (Å²) < 4.78 is 26.1. The Morgan fingerprint density at radius 1 is 1.30 bits per heavy atom. The summed E-state index contributed by atoms with van der Waals surface area (Å²) in [7, 11) is -3.45. The number of hydrogen-bond acceptors (Lipinski definition) is 6. The number of benzene rings is 1. The van der Waals surface area contributed by atoms with Gasteiger partial charge in [-0.05, 0) is 11.6 Å². The van der Waals surface area contributed by atoms with Crippen LogP contribution in [0.25, 0.3) is 6.08 Å². The van der Waals surface area contributed by atoms with E-state index in [1.807, 2.05) is 30.3 Å². The van der Waals surface area contributed by atoms with Crippen molar-refractivity contribution in [2.24, 2.45) is 0 Å². The minimum Gasteiger partial charge on any atom is -0.297 e. The third-order valence-electron chi connectivity index (χ3n) is 2.20. The molecule has 0 saturated carbocycles. The van der Waals surface area contributed by atoms with E-state index in [-0.39, 0.29) is 10.3 Å². The van der Waals surface area contributed by atoms with E-state index in [0.29, 0.717) is 0 Å². The van der Waals surface area contributed by atoms with Gasteiger partial charge in [0.05, 0.1) is 0 Å². The van der Waals surface area contributed by atoms with Gasteiger partial charge in [0.25, 0.3) is 5.16 Å². The highest BCUT2D eigenvalue weighted by molar-refractivity contribution is 7.90. The van der Waals surface area contributed by atoms with Gasteiger partial charge in [-0.3, -0.25) is 10.1 Å². The molecule has 0 aliphatic rings. The van der Waals surface area contributed by atoms with Crippen molar-refractivity contribution in [3.05, 3.63) is 42.0 Å². The zero-order valence-electron chi connectivity index (χ0n) is 10.5. The van der Waals surface area contributed by atoms with Gasteiger partial charge < -0.3 is 0 Å². The minimum atomic E-state index is -3.45. The summed E-state index contributed by atoms with van der Waals surface area (Å²) in [5.74, 6) is -0.398. The van der Waals surface area contributed by atoms with E-state index in [1.165, 1.54) is 6.08 Å². The van der Waals surface area contributed by atoms with Gasteiger partial charge in [0.2, 0.25) is 20.9 Å². The second kappa shape index (κ2) is 5.93. The zero-order valence-corrected chi connectivity index (χ0v) is 12.1. The van der Waals surface area contributed by atoms with E-state index in [4.69, 9.17) is 0 Å². The molecule has 0 unspecified atom stereocenters. The second-order valence-electron chi connectivity index (χ2n) is 3.89. The molecule has 0 radical (unpaired) electrons. The third-order valence-corrected chi connectivity index (χ3v) is 3.79. The Hall–Kier alpha value is -2.06. The molecule has 0 spiro atoms. The summed E-state index contributed by atoms with van der Waals surface area (Å²) >= 11 is 0.820. The maximum Gasteiger partial charge on any atom is 0.260 e. The summed E-state index contributed by atoms with van der Waals surface area (Å²) in [5.41, 5.74) is 0.886. The number of carbonyl (C=O) groups is 1. The van der Waals surface area contributed by atoms with Gasteiger partial charge in [0, 0.05) is 23.9 Å². The average Bonchev–Trinajstić information content (AvgIpc) is 2.86. The predicted molar refractivity (Wildman–Crippen MR) is 77.1 cm³/mol. The molecule has 1 amide bonds. The molecule has 6 nitrogen and oxygen atoms in total. The maximum atomic E-state index is 11.6. The van der Waals surface area contributed by atoms with E-state index in [9.17, 15) is 13.2 Å². The van der Waals surface area contributed by atoms with Gasteiger partial charge in [0.1, 0.15) is 0 Å². The molecule has 2 aromatic rings. The fourth-order valence-electron chi connectivity index (χ4n) is 1.29. The van der Waals surface area contributed by atoms with Crippen LogP contribution in [0.1, 0.15) is 5.56 Å². The van der Waals surface area contributed by atoms with Crippen molar-refractivity contribution in [3.8, 4) is 0 Å². The van der Waals surface area contributed by atoms with Crippen LogP contribution in [0.15, 0.2) is 41.6 Å². The lowest BCUT2D eigenvalue weighted by molar-refractivity contribution is -0.111. The van der Waals surface area contributed by atoms with E-state index >= 15 is 0 Å². The summed E-state index contributed by atoms with van der Waals surface area (Å²) in [4.78, 5) is 15.4. The average molecular weight is 309 g/mol. The minimum absolute atomic E-state index is 0.146. The number of sulfone groups is 1. The number of nitrogens with zero attached hydrogens (tertiary/aromatic N) is 2. The first kappa shape index (κ1) is 14.4. The van der Waals surface area contributed by atoms with Crippen molar-refractivity contribution < 1.29 is 13.2 Å². The number of amides is 1. The van der Waals surface area contributed by atoms with Gasteiger partial charge in [-0.1, -0.05) is 30.3 Å². The molecule has 2 rings (SSSR count). The first-order chi connectivity index (χ1) is 9.45. The Morgan fingerprint density at radius 2 is 2.00 bits per heavy atom. The molecule has 0 atom stereocenters. The van der Waals surface area contributed by atoms with Crippen LogP contribution in [-0.4, -0.2) is 29.9 Å².